The van der Waals surface area contributed by atoms with Crippen LogP contribution in [0.25, 0.3) is 0 Å². The first-order chi connectivity index (χ1) is 18.1. The van der Waals surface area contributed by atoms with Gasteiger partial charge >= 0.3 is 0 Å². The third-order valence-corrected chi connectivity index (χ3v) is 8.87. The van der Waals surface area contributed by atoms with E-state index in [1.54, 1.807) is 24.3 Å². The van der Waals surface area contributed by atoms with Crippen LogP contribution in [0.1, 0.15) is 42.0 Å². The Hall–Kier alpha value is -3.48. The van der Waals surface area contributed by atoms with Gasteiger partial charge in [-0.2, -0.15) is 20.2 Å². The molecule has 2 aliphatic heterocycles. The monoisotopic (exact) mass is 544 g/mol. The lowest BCUT2D eigenvalue weighted by Crippen LogP contribution is -2.40. The van der Waals surface area contributed by atoms with Gasteiger partial charge in [0.25, 0.3) is 11.8 Å². The SMILES string of the molecule is CC1=NN(c2ccc(C)cc2C)C(=O)C12C(c1ccccc1Cl)C21C(=O)N(c2ccc(Cl)cc2C)N=C1C. The van der Waals surface area contributed by atoms with Crippen molar-refractivity contribution in [2.75, 3.05) is 10.0 Å². The van der Waals surface area contributed by atoms with Crippen molar-refractivity contribution in [1.29, 1.82) is 0 Å². The minimum absolute atomic E-state index is 0.246. The zero-order valence-electron chi connectivity index (χ0n) is 21.7. The van der Waals surface area contributed by atoms with Crippen molar-refractivity contribution >= 4 is 57.8 Å². The summed E-state index contributed by atoms with van der Waals surface area (Å²) < 4.78 is 0. The zero-order valence-corrected chi connectivity index (χ0v) is 23.2. The quantitative estimate of drug-likeness (QED) is 0.362. The van der Waals surface area contributed by atoms with Gasteiger partial charge in [0.05, 0.1) is 22.8 Å². The lowest BCUT2D eigenvalue weighted by atomic mass is 9.85. The maximum absolute atomic E-state index is 14.6. The number of rotatable bonds is 3. The summed E-state index contributed by atoms with van der Waals surface area (Å²) in [5.74, 6) is -1.07. The second-order valence-electron chi connectivity index (χ2n) is 10.4. The van der Waals surface area contributed by atoms with Gasteiger partial charge in [-0.25, -0.2) is 0 Å². The molecule has 1 aliphatic carbocycles. The van der Waals surface area contributed by atoms with E-state index in [4.69, 9.17) is 33.4 Å². The lowest BCUT2D eigenvalue weighted by molar-refractivity contribution is -0.126. The molecule has 3 unspecified atom stereocenters. The third kappa shape index (κ3) is 2.96. The highest BCUT2D eigenvalue weighted by molar-refractivity contribution is 6.38. The first-order valence-corrected chi connectivity index (χ1v) is 13.2. The number of carbonyl (C=O) groups is 2. The molecule has 6 rings (SSSR count). The summed E-state index contributed by atoms with van der Waals surface area (Å²) in [4.78, 5) is 29.1. The van der Waals surface area contributed by atoms with E-state index in [1.807, 2.05) is 71.0 Å². The predicted molar refractivity (Wildman–Crippen MR) is 152 cm³/mol. The number of nitrogens with zero attached hydrogens (tertiary/aromatic N) is 4. The fourth-order valence-corrected chi connectivity index (χ4v) is 7.11. The van der Waals surface area contributed by atoms with Gasteiger partial charge in [0.15, 0.2) is 0 Å². The molecule has 0 saturated heterocycles. The van der Waals surface area contributed by atoms with Crippen LogP contribution in [0.5, 0.6) is 0 Å². The van der Waals surface area contributed by atoms with E-state index in [0.29, 0.717) is 32.8 Å². The number of aryl methyl sites for hydroxylation is 3. The fraction of sp³-hybridized carbons (Fsp3) is 0.267. The van der Waals surface area contributed by atoms with Crippen LogP contribution in [0.4, 0.5) is 11.4 Å². The Morgan fingerprint density at radius 2 is 1.24 bits per heavy atom. The van der Waals surface area contributed by atoms with E-state index in [1.165, 1.54) is 10.0 Å². The van der Waals surface area contributed by atoms with Gasteiger partial charge in [-0.15, -0.1) is 0 Å². The number of amides is 2. The number of carbonyl (C=O) groups excluding carboxylic acids is 2. The van der Waals surface area contributed by atoms with Crippen molar-refractivity contribution in [1.82, 2.24) is 0 Å². The average molecular weight is 545 g/mol. The smallest absolute Gasteiger partial charge is 0.261 e. The van der Waals surface area contributed by atoms with E-state index in [-0.39, 0.29) is 11.8 Å². The number of hydrazone groups is 2. The van der Waals surface area contributed by atoms with Gasteiger partial charge in [0.2, 0.25) is 0 Å². The summed E-state index contributed by atoms with van der Waals surface area (Å²) in [6.45, 7) is 9.50. The van der Waals surface area contributed by atoms with Crippen LogP contribution in [0.3, 0.4) is 0 Å². The summed E-state index contributed by atoms with van der Waals surface area (Å²) in [6.07, 6.45) is 0. The lowest BCUT2D eigenvalue weighted by Gasteiger charge is -2.20. The molecule has 0 bridgehead atoms. The molecule has 2 amide bonds. The Balaban J connectivity index is 1.55. The molecular weight excluding hydrogens is 519 g/mol. The molecule has 0 N–H and O–H groups in total. The average Bonchev–Trinajstić information content (AvgIpc) is 3.33. The normalized spacial score (nSPS) is 26.0. The summed E-state index contributed by atoms with van der Waals surface area (Å²) in [7, 11) is 0. The number of benzene rings is 3. The number of fused-ring (bicyclic) bond motifs is 1. The Kier molecular flexibility index (Phi) is 5.40. The van der Waals surface area contributed by atoms with Crippen LogP contribution in [-0.4, -0.2) is 23.2 Å². The molecule has 3 atom stereocenters. The van der Waals surface area contributed by atoms with E-state index in [9.17, 15) is 9.59 Å². The highest BCUT2D eigenvalue weighted by Gasteiger charge is 2.91. The molecule has 1 fully saturated rings. The van der Waals surface area contributed by atoms with E-state index in [2.05, 4.69) is 0 Å². The molecule has 2 spiro atoms. The molecule has 3 aromatic carbocycles. The van der Waals surface area contributed by atoms with Crippen molar-refractivity contribution < 1.29 is 9.59 Å². The predicted octanol–water partition coefficient (Wildman–Crippen LogP) is 6.83. The minimum atomic E-state index is -1.25. The summed E-state index contributed by atoms with van der Waals surface area (Å²) >= 11 is 12.9. The highest BCUT2D eigenvalue weighted by Crippen LogP contribution is 2.80. The minimum Gasteiger partial charge on any atom is -0.271 e. The Morgan fingerprint density at radius 1 is 0.711 bits per heavy atom. The van der Waals surface area contributed by atoms with Crippen LogP contribution in [0.2, 0.25) is 10.0 Å². The topological polar surface area (TPSA) is 65.3 Å². The van der Waals surface area contributed by atoms with Gasteiger partial charge in [0, 0.05) is 16.0 Å². The molecule has 6 nitrogen and oxygen atoms in total. The van der Waals surface area contributed by atoms with Crippen LogP contribution in [-0.2, 0) is 9.59 Å². The van der Waals surface area contributed by atoms with E-state index in [0.717, 1.165) is 22.3 Å². The Bertz CT molecular complexity index is 1530. The molecule has 0 radical (unpaired) electrons. The third-order valence-electron chi connectivity index (χ3n) is 8.29. The molecule has 2 heterocycles. The second kappa shape index (κ2) is 8.26. The summed E-state index contributed by atoms with van der Waals surface area (Å²) in [6, 6.07) is 18.6. The maximum Gasteiger partial charge on any atom is 0.261 e. The van der Waals surface area contributed by atoms with Gasteiger partial charge in [-0.1, -0.05) is 59.1 Å². The first-order valence-electron chi connectivity index (χ1n) is 12.4. The van der Waals surface area contributed by atoms with Gasteiger partial charge in [-0.05, 0) is 81.6 Å². The van der Waals surface area contributed by atoms with Gasteiger partial charge in [0.1, 0.15) is 10.8 Å². The number of hydrogen-bond donors (Lipinski definition) is 0. The fourth-order valence-electron chi connectivity index (χ4n) is 6.64. The molecule has 1 saturated carbocycles. The van der Waals surface area contributed by atoms with Gasteiger partial charge < -0.3 is 0 Å². The zero-order chi connectivity index (χ0) is 27.1. The van der Waals surface area contributed by atoms with Crippen molar-refractivity contribution in [3.63, 3.8) is 0 Å². The van der Waals surface area contributed by atoms with Crippen molar-refractivity contribution in [3.8, 4) is 0 Å². The van der Waals surface area contributed by atoms with Crippen LogP contribution < -0.4 is 10.0 Å². The van der Waals surface area contributed by atoms with Crippen molar-refractivity contribution in [2.45, 2.75) is 40.5 Å². The highest BCUT2D eigenvalue weighted by atomic mass is 35.5. The molecule has 3 aromatic rings. The molecule has 3 aliphatic rings. The molecule has 8 heteroatoms. The number of hydrogen-bond acceptors (Lipinski definition) is 4. The van der Waals surface area contributed by atoms with Crippen LogP contribution in [0.15, 0.2) is 70.9 Å². The Morgan fingerprint density at radius 3 is 1.76 bits per heavy atom. The first kappa shape index (κ1) is 24.8. The van der Waals surface area contributed by atoms with Crippen molar-refractivity contribution in [2.24, 2.45) is 21.0 Å². The van der Waals surface area contributed by atoms with Crippen LogP contribution >= 0.6 is 23.2 Å². The maximum atomic E-state index is 14.6. The largest absolute Gasteiger partial charge is 0.271 e. The molecular formula is C30H26Cl2N4O2. The van der Waals surface area contributed by atoms with E-state index >= 15 is 0 Å². The summed E-state index contributed by atoms with van der Waals surface area (Å²) in [5.41, 5.74) is 3.53. The Labute approximate surface area is 231 Å². The number of halogens is 2. The standard InChI is InChI=1S/C30H26Cl2N4O2/c1-16-10-12-24(17(2)14-16)35-27(37)29(19(4)33-35)26(22-8-6-7-9-23(22)32)30(29)20(5)34-36(28(30)38)25-13-11-21(31)15-18(25)3/h6-15,26H,1-5H3. The van der Waals surface area contributed by atoms with Crippen molar-refractivity contribution in [3.05, 3.63) is 93.0 Å². The molecule has 38 heavy (non-hydrogen) atoms. The molecule has 0 aromatic heterocycles. The van der Waals surface area contributed by atoms with Gasteiger partial charge in [-0.3, -0.25) is 9.59 Å². The number of anilines is 2. The van der Waals surface area contributed by atoms with Crippen LogP contribution in [0, 0.1) is 31.6 Å². The summed E-state index contributed by atoms with van der Waals surface area (Å²) in [5, 5.41) is 13.5. The van der Waals surface area contributed by atoms with E-state index < -0.39 is 16.7 Å². The molecule has 192 valence electrons. The second-order valence-corrected chi connectivity index (χ2v) is 11.2.